The van der Waals surface area contributed by atoms with Gasteiger partial charge in [0.15, 0.2) is 17.5 Å². The standard InChI is InChI=1S/C32H22N8/c1-2-10-19(11-3-1)26-33-18-34-27-20-12-4-5-13-21(20)29(36-27)38-31-24-16-8-9-17-25(24)32(40-31)39-30-23-15-7-6-14-22(23)28(35-26)37-30/h1-18,24,28H,(H,37,39)(H,33,34,35,36,38,40). The van der Waals surface area contributed by atoms with Gasteiger partial charge in [0.25, 0.3) is 0 Å². The van der Waals surface area contributed by atoms with E-state index in [9.17, 15) is 0 Å². The van der Waals surface area contributed by atoms with Crippen LogP contribution >= 0.6 is 0 Å². The van der Waals surface area contributed by atoms with Crippen molar-refractivity contribution in [1.29, 1.82) is 0 Å². The van der Waals surface area contributed by atoms with Crippen LogP contribution in [0.15, 0.2) is 145 Å². The molecule has 0 saturated heterocycles. The fourth-order valence-corrected chi connectivity index (χ4v) is 5.40. The number of aliphatic imine (C=N–C) groups is 6. The van der Waals surface area contributed by atoms with Crippen molar-refractivity contribution in [2.75, 3.05) is 0 Å². The monoisotopic (exact) mass is 518 g/mol. The molecule has 4 heterocycles. The third-order valence-electron chi connectivity index (χ3n) is 7.32. The number of allylic oxidation sites excluding steroid dienone is 3. The lowest BCUT2D eigenvalue weighted by molar-refractivity contribution is 0.709. The highest BCUT2D eigenvalue weighted by atomic mass is 15.2. The van der Waals surface area contributed by atoms with E-state index in [4.69, 9.17) is 30.0 Å². The van der Waals surface area contributed by atoms with Gasteiger partial charge in [-0.25, -0.2) is 30.0 Å². The molecule has 190 valence electrons. The molecule has 8 heteroatoms. The summed E-state index contributed by atoms with van der Waals surface area (Å²) in [6, 6.07) is 26.2. The van der Waals surface area contributed by atoms with Crippen molar-refractivity contribution in [3.05, 3.63) is 142 Å². The third-order valence-corrected chi connectivity index (χ3v) is 7.32. The zero-order valence-electron chi connectivity index (χ0n) is 21.2. The average Bonchev–Trinajstić information content (AvgIpc) is 3.65. The van der Waals surface area contributed by atoms with Crippen LogP contribution in [-0.2, 0) is 0 Å². The number of amidine groups is 5. The minimum absolute atomic E-state index is 0.0979. The van der Waals surface area contributed by atoms with Crippen molar-refractivity contribution < 1.29 is 0 Å². The molecular weight excluding hydrogens is 496 g/mol. The Bertz CT molecular complexity index is 1850. The molecule has 1 aliphatic carbocycles. The second-order valence-electron chi connectivity index (χ2n) is 9.73. The maximum atomic E-state index is 5.11. The second kappa shape index (κ2) is 9.06. The summed E-state index contributed by atoms with van der Waals surface area (Å²) in [5.74, 6) is 3.77. The van der Waals surface area contributed by atoms with Crippen LogP contribution in [0.4, 0.5) is 0 Å². The highest BCUT2D eigenvalue weighted by molar-refractivity contribution is 6.26. The molecule has 3 aromatic carbocycles. The molecule has 3 aromatic rings. The number of benzene rings is 3. The van der Waals surface area contributed by atoms with Gasteiger partial charge in [0, 0.05) is 33.4 Å². The number of nitrogens with one attached hydrogen (secondary N) is 2. The van der Waals surface area contributed by atoms with Gasteiger partial charge in [-0.2, -0.15) is 0 Å². The average molecular weight is 519 g/mol. The Kier molecular flexibility index (Phi) is 5.09. The summed E-state index contributed by atoms with van der Waals surface area (Å²) < 4.78 is 0. The minimum atomic E-state index is -0.346. The maximum absolute atomic E-state index is 5.11. The summed E-state index contributed by atoms with van der Waals surface area (Å²) >= 11 is 0. The molecule has 2 N–H and O–H groups in total. The van der Waals surface area contributed by atoms with Crippen LogP contribution in [0.25, 0.3) is 0 Å². The predicted molar refractivity (Wildman–Crippen MR) is 159 cm³/mol. The summed E-state index contributed by atoms with van der Waals surface area (Å²) in [5.41, 5.74) is 5.82. The van der Waals surface area contributed by atoms with Crippen LogP contribution < -0.4 is 10.6 Å². The van der Waals surface area contributed by atoms with E-state index in [0.29, 0.717) is 29.2 Å². The molecule has 8 nitrogen and oxygen atoms in total. The first kappa shape index (κ1) is 22.5. The van der Waals surface area contributed by atoms with E-state index in [2.05, 4.69) is 34.9 Å². The first-order chi connectivity index (χ1) is 19.8. The van der Waals surface area contributed by atoms with Gasteiger partial charge in [0.1, 0.15) is 23.7 Å². The van der Waals surface area contributed by atoms with Gasteiger partial charge in [-0.05, 0) is 0 Å². The van der Waals surface area contributed by atoms with E-state index < -0.39 is 0 Å². The second-order valence-corrected chi connectivity index (χ2v) is 9.73. The Morgan fingerprint density at radius 2 is 1.43 bits per heavy atom. The molecule has 5 aliphatic rings. The van der Waals surface area contributed by atoms with E-state index >= 15 is 0 Å². The molecule has 0 amide bonds. The fourth-order valence-electron chi connectivity index (χ4n) is 5.40. The molecule has 2 unspecified atom stereocenters. The van der Waals surface area contributed by atoms with Crippen molar-refractivity contribution in [3.63, 3.8) is 0 Å². The highest BCUT2D eigenvalue weighted by Crippen LogP contribution is 2.35. The maximum Gasteiger partial charge on any atom is 0.164 e. The Labute approximate surface area is 230 Å². The van der Waals surface area contributed by atoms with Gasteiger partial charge < -0.3 is 10.6 Å². The summed E-state index contributed by atoms with van der Waals surface area (Å²) in [6.45, 7) is 0. The van der Waals surface area contributed by atoms with E-state index in [1.54, 1.807) is 6.34 Å². The van der Waals surface area contributed by atoms with Gasteiger partial charge in [0.2, 0.25) is 0 Å². The minimum Gasteiger partial charge on any atom is -0.344 e. The molecule has 0 radical (unpaired) electrons. The Hall–Kier alpha value is -5.50. The van der Waals surface area contributed by atoms with Gasteiger partial charge in [-0.3, -0.25) is 0 Å². The summed E-state index contributed by atoms with van der Waals surface area (Å²) in [4.78, 5) is 29.6. The van der Waals surface area contributed by atoms with E-state index in [1.165, 1.54) is 0 Å². The SMILES string of the molecule is C1=CC2=C3N=C(/N=C4N=C(/N=C\N/C(c5ccccc5)=N\C5N/C(=N\3)c3ccccc35)c3ccccc3\4)C2C=C1. The Balaban J connectivity index is 1.34. The smallest absolute Gasteiger partial charge is 0.164 e. The zero-order valence-corrected chi connectivity index (χ0v) is 21.2. The van der Waals surface area contributed by atoms with Gasteiger partial charge in [-0.15, -0.1) is 0 Å². The van der Waals surface area contributed by atoms with Gasteiger partial charge in [0.05, 0.1) is 12.3 Å². The topological polar surface area (TPSA) is 98.2 Å². The molecular formula is C32H22N8. The number of nitrogens with zero attached hydrogens (tertiary/aromatic N) is 6. The van der Waals surface area contributed by atoms with Crippen LogP contribution in [0.3, 0.4) is 0 Å². The zero-order chi connectivity index (χ0) is 26.5. The van der Waals surface area contributed by atoms with Crippen LogP contribution in [0.2, 0.25) is 0 Å². The van der Waals surface area contributed by atoms with E-state index in [-0.39, 0.29) is 12.1 Å². The third kappa shape index (κ3) is 3.69. The lowest BCUT2D eigenvalue weighted by Gasteiger charge is -2.12. The molecule has 8 rings (SSSR count). The number of rotatable bonds is 1. The van der Waals surface area contributed by atoms with Crippen molar-refractivity contribution in [2.45, 2.75) is 6.17 Å². The fraction of sp³-hybridized carbons (Fsp3) is 0.0625. The summed E-state index contributed by atoms with van der Waals surface area (Å²) in [6.07, 6.45) is 9.49. The summed E-state index contributed by atoms with van der Waals surface area (Å²) in [7, 11) is 0. The largest absolute Gasteiger partial charge is 0.344 e. The number of hydrogen-bond donors (Lipinski definition) is 2. The van der Waals surface area contributed by atoms with E-state index in [1.807, 2.05) is 78.9 Å². The lowest BCUT2D eigenvalue weighted by atomic mass is 9.95. The van der Waals surface area contributed by atoms with Crippen LogP contribution in [-0.4, -0.2) is 35.5 Å². The quantitative estimate of drug-likeness (QED) is 0.489. The Morgan fingerprint density at radius 3 is 2.30 bits per heavy atom. The molecule has 40 heavy (non-hydrogen) atoms. The summed E-state index contributed by atoms with van der Waals surface area (Å²) in [5, 5.41) is 6.86. The van der Waals surface area contributed by atoms with Gasteiger partial charge >= 0.3 is 0 Å². The Morgan fingerprint density at radius 1 is 0.650 bits per heavy atom. The lowest BCUT2D eigenvalue weighted by Crippen LogP contribution is -2.27. The molecule has 4 aliphatic heterocycles. The van der Waals surface area contributed by atoms with E-state index in [0.717, 1.165) is 39.2 Å². The van der Waals surface area contributed by atoms with Crippen molar-refractivity contribution in [2.24, 2.45) is 35.9 Å². The molecule has 2 atom stereocenters. The molecule has 0 fully saturated rings. The van der Waals surface area contributed by atoms with Crippen molar-refractivity contribution >= 4 is 35.5 Å². The molecule has 0 saturated carbocycles. The molecule has 0 aromatic heterocycles. The van der Waals surface area contributed by atoms with Crippen LogP contribution in [0, 0.1) is 5.92 Å². The molecule has 6 bridgehead atoms. The first-order valence-electron chi connectivity index (χ1n) is 13.1. The van der Waals surface area contributed by atoms with Crippen LogP contribution in [0.1, 0.15) is 34.0 Å². The van der Waals surface area contributed by atoms with Crippen LogP contribution in [0.5, 0.6) is 0 Å². The highest BCUT2D eigenvalue weighted by Gasteiger charge is 2.32. The van der Waals surface area contributed by atoms with Crippen molar-refractivity contribution in [3.8, 4) is 0 Å². The normalized spacial score (nSPS) is 26.4. The predicted octanol–water partition coefficient (Wildman–Crippen LogP) is 4.69. The molecule has 0 spiro atoms. The number of hydrogen-bond acceptors (Lipinski definition) is 8. The van der Waals surface area contributed by atoms with Crippen molar-refractivity contribution in [1.82, 2.24) is 10.6 Å². The number of fused-ring (bicyclic) bond motifs is 12. The first-order valence-corrected chi connectivity index (χ1v) is 13.1. The van der Waals surface area contributed by atoms with Gasteiger partial charge in [-0.1, -0.05) is 103 Å².